The van der Waals surface area contributed by atoms with Crippen molar-refractivity contribution in [1.29, 1.82) is 0 Å². The zero-order chi connectivity index (χ0) is 18.3. The number of hydrogen-bond acceptors (Lipinski definition) is 4. The molecule has 1 aliphatic rings. The lowest BCUT2D eigenvalue weighted by molar-refractivity contribution is 0.712. The molecule has 3 aromatic rings. The highest BCUT2D eigenvalue weighted by Gasteiger charge is 2.28. The van der Waals surface area contributed by atoms with Gasteiger partial charge in [0.1, 0.15) is 5.82 Å². The Morgan fingerprint density at radius 3 is 2.58 bits per heavy atom. The number of nitrogens with zero attached hydrogens (tertiary/aromatic N) is 3. The van der Waals surface area contributed by atoms with E-state index in [9.17, 15) is 4.79 Å². The molecule has 4 rings (SSSR count). The number of anilines is 1. The van der Waals surface area contributed by atoms with E-state index in [2.05, 4.69) is 22.8 Å². The second-order valence-electron chi connectivity index (χ2n) is 6.67. The average Bonchev–Trinajstić information content (AvgIpc) is 3.48. The van der Waals surface area contributed by atoms with Gasteiger partial charge in [-0.2, -0.15) is 0 Å². The maximum Gasteiger partial charge on any atom is 0.251 e. The van der Waals surface area contributed by atoms with Crippen LogP contribution in [0.2, 0.25) is 0 Å². The fourth-order valence-electron chi connectivity index (χ4n) is 3.31. The van der Waals surface area contributed by atoms with E-state index in [0.29, 0.717) is 5.82 Å². The average molecular weight is 344 g/mol. The first-order valence-corrected chi connectivity index (χ1v) is 8.63. The molecule has 2 N–H and O–H groups in total. The van der Waals surface area contributed by atoms with Gasteiger partial charge in [-0.05, 0) is 61.9 Å². The highest BCUT2D eigenvalue weighted by molar-refractivity contribution is 5.82. The number of hydrogen-bond donors (Lipinski definition) is 1. The number of rotatable bonds is 4. The summed E-state index contributed by atoms with van der Waals surface area (Å²) in [4.78, 5) is 20.9. The Labute approximate surface area is 151 Å². The Kier molecular flexibility index (Phi) is 3.92. The van der Waals surface area contributed by atoms with Crippen LogP contribution in [0, 0.1) is 6.92 Å². The van der Waals surface area contributed by atoms with E-state index in [1.807, 2.05) is 35.8 Å². The van der Waals surface area contributed by atoms with Crippen LogP contribution in [0.25, 0.3) is 22.4 Å². The lowest BCUT2D eigenvalue weighted by atomic mass is 9.98. The van der Waals surface area contributed by atoms with E-state index in [4.69, 9.17) is 5.73 Å². The first-order valence-electron chi connectivity index (χ1n) is 8.63. The molecule has 1 saturated carbocycles. The van der Waals surface area contributed by atoms with Gasteiger partial charge in [-0.3, -0.25) is 9.79 Å². The third kappa shape index (κ3) is 2.81. The van der Waals surface area contributed by atoms with Crippen molar-refractivity contribution < 1.29 is 0 Å². The molecule has 0 aliphatic heterocycles. The highest BCUT2D eigenvalue weighted by atomic mass is 16.1. The molecular formula is C21H20N4O. The monoisotopic (exact) mass is 344 g/mol. The second kappa shape index (κ2) is 6.26. The summed E-state index contributed by atoms with van der Waals surface area (Å²) in [6.45, 7) is 5.73. The van der Waals surface area contributed by atoms with Crippen LogP contribution in [-0.4, -0.2) is 16.3 Å². The normalized spacial score (nSPS) is 13.6. The van der Waals surface area contributed by atoms with Gasteiger partial charge in [-0.15, -0.1) is 0 Å². The lowest BCUT2D eigenvalue weighted by Gasteiger charge is -2.17. The number of aromatic nitrogens is 2. The molecule has 0 unspecified atom stereocenters. The molecule has 26 heavy (non-hydrogen) atoms. The van der Waals surface area contributed by atoms with Crippen LogP contribution in [0.5, 0.6) is 0 Å². The first-order chi connectivity index (χ1) is 12.6. The summed E-state index contributed by atoms with van der Waals surface area (Å²) in [7, 11) is 0. The molecule has 1 fully saturated rings. The number of pyridine rings is 2. The summed E-state index contributed by atoms with van der Waals surface area (Å²) in [5.74, 6) is 0.486. The van der Waals surface area contributed by atoms with Gasteiger partial charge in [0.05, 0.1) is 11.4 Å². The van der Waals surface area contributed by atoms with Crippen LogP contribution in [0.1, 0.15) is 24.4 Å². The van der Waals surface area contributed by atoms with Crippen LogP contribution in [0.15, 0.2) is 58.4 Å². The SMILES string of the molecule is C=Nc1ccc(-c2ccc(N)nc2)cc1-c1c(C)ccc(=O)n1C1CC1. The molecule has 0 spiro atoms. The van der Waals surface area contributed by atoms with E-state index in [-0.39, 0.29) is 11.6 Å². The van der Waals surface area contributed by atoms with E-state index in [0.717, 1.165) is 46.5 Å². The molecule has 0 amide bonds. The Morgan fingerprint density at radius 2 is 1.92 bits per heavy atom. The molecule has 1 aliphatic carbocycles. The summed E-state index contributed by atoms with van der Waals surface area (Å²) in [5.41, 5.74) is 11.3. The first kappa shape index (κ1) is 16.3. The van der Waals surface area contributed by atoms with E-state index < -0.39 is 0 Å². The molecule has 0 radical (unpaired) electrons. The van der Waals surface area contributed by atoms with Gasteiger partial charge < -0.3 is 10.3 Å². The molecule has 5 heteroatoms. The molecular weight excluding hydrogens is 324 g/mol. The van der Waals surface area contributed by atoms with E-state index >= 15 is 0 Å². The fraction of sp³-hybridized carbons (Fsp3) is 0.190. The van der Waals surface area contributed by atoms with Crippen LogP contribution in [-0.2, 0) is 0 Å². The van der Waals surface area contributed by atoms with Crippen molar-refractivity contribution in [2.75, 3.05) is 5.73 Å². The molecule has 5 nitrogen and oxygen atoms in total. The Morgan fingerprint density at radius 1 is 1.15 bits per heavy atom. The van der Waals surface area contributed by atoms with Crippen molar-refractivity contribution in [3.63, 3.8) is 0 Å². The fourth-order valence-corrected chi connectivity index (χ4v) is 3.31. The Balaban J connectivity index is 1.96. The number of benzene rings is 1. The van der Waals surface area contributed by atoms with Crippen LogP contribution < -0.4 is 11.3 Å². The van der Waals surface area contributed by atoms with Crippen molar-refractivity contribution in [2.45, 2.75) is 25.8 Å². The largest absolute Gasteiger partial charge is 0.384 e. The van der Waals surface area contributed by atoms with Crippen LogP contribution in [0.3, 0.4) is 0 Å². The lowest BCUT2D eigenvalue weighted by Crippen LogP contribution is -2.20. The third-order valence-corrected chi connectivity index (χ3v) is 4.78. The number of nitrogens with two attached hydrogens (primary N) is 1. The summed E-state index contributed by atoms with van der Waals surface area (Å²) in [6, 6.07) is 13.5. The van der Waals surface area contributed by atoms with Crippen LogP contribution >= 0.6 is 0 Å². The number of aliphatic imine (C=N–C) groups is 1. The van der Waals surface area contributed by atoms with Crippen molar-refractivity contribution in [3.05, 3.63) is 64.6 Å². The zero-order valence-corrected chi connectivity index (χ0v) is 14.6. The van der Waals surface area contributed by atoms with Gasteiger partial charge in [0.15, 0.2) is 0 Å². The molecule has 0 atom stereocenters. The zero-order valence-electron chi connectivity index (χ0n) is 14.6. The minimum Gasteiger partial charge on any atom is -0.384 e. The van der Waals surface area contributed by atoms with Gasteiger partial charge in [-0.1, -0.05) is 12.1 Å². The number of aryl methyl sites for hydroxylation is 1. The molecule has 1 aromatic carbocycles. The van der Waals surface area contributed by atoms with E-state index in [1.165, 1.54) is 0 Å². The van der Waals surface area contributed by atoms with Crippen molar-refractivity contribution in [3.8, 4) is 22.4 Å². The van der Waals surface area contributed by atoms with Gasteiger partial charge in [0.25, 0.3) is 5.56 Å². The molecule has 0 bridgehead atoms. The third-order valence-electron chi connectivity index (χ3n) is 4.78. The minimum atomic E-state index is 0.0302. The molecule has 2 aromatic heterocycles. The van der Waals surface area contributed by atoms with Gasteiger partial charge in [0.2, 0.25) is 0 Å². The topological polar surface area (TPSA) is 73.3 Å². The quantitative estimate of drug-likeness (QED) is 0.723. The van der Waals surface area contributed by atoms with Crippen LogP contribution in [0.4, 0.5) is 11.5 Å². The Bertz CT molecular complexity index is 1050. The maximum absolute atomic E-state index is 12.5. The standard InChI is InChI=1S/C21H20N4O/c1-13-3-10-20(26)25(16-6-7-16)21(13)17-11-14(4-8-18(17)23-2)15-5-9-19(22)24-12-15/h3-5,8-12,16H,2,6-7H2,1H3,(H2,22,24). The predicted molar refractivity (Wildman–Crippen MR) is 106 cm³/mol. The predicted octanol–water partition coefficient (Wildman–Crippen LogP) is 4.13. The van der Waals surface area contributed by atoms with Crippen molar-refractivity contribution in [2.24, 2.45) is 4.99 Å². The Hall–Kier alpha value is -3.21. The van der Waals surface area contributed by atoms with E-state index in [1.54, 1.807) is 18.3 Å². The molecule has 0 saturated heterocycles. The summed E-state index contributed by atoms with van der Waals surface area (Å²) >= 11 is 0. The van der Waals surface area contributed by atoms with Crippen molar-refractivity contribution in [1.82, 2.24) is 9.55 Å². The summed E-state index contributed by atoms with van der Waals surface area (Å²) in [6.07, 6.45) is 3.82. The number of nitrogen functional groups attached to an aromatic ring is 1. The van der Waals surface area contributed by atoms with Crippen molar-refractivity contribution >= 4 is 18.2 Å². The summed E-state index contributed by atoms with van der Waals surface area (Å²) < 4.78 is 1.91. The molecule has 2 heterocycles. The van der Waals surface area contributed by atoms with Gasteiger partial charge in [0, 0.05) is 29.4 Å². The smallest absolute Gasteiger partial charge is 0.251 e. The molecule has 130 valence electrons. The summed E-state index contributed by atoms with van der Waals surface area (Å²) in [5, 5.41) is 0. The second-order valence-corrected chi connectivity index (χ2v) is 6.67. The van der Waals surface area contributed by atoms with Gasteiger partial charge in [-0.25, -0.2) is 4.98 Å². The minimum absolute atomic E-state index is 0.0302. The van der Waals surface area contributed by atoms with Gasteiger partial charge >= 0.3 is 0 Å². The maximum atomic E-state index is 12.5. The highest BCUT2D eigenvalue weighted by Crippen LogP contribution is 2.41.